The number of rotatable bonds is 7. The van der Waals surface area contributed by atoms with E-state index in [-0.39, 0.29) is 37.5 Å². The number of amides is 1. The van der Waals surface area contributed by atoms with Crippen LogP contribution in [0.4, 0.5) is 8.78 Å². The summed E-state index contributed by atoms with van der Waals surface area (Å²) in [7, 11) is 0. The zero-order chi connectivity index (χ0) is 20.5. The summed E-state index contributed by atoms with van der Waals surface area (Å²) in [5, 5.41) is 9.75. The SMILES string of the molecule is CCC(CN1CC(F)(F)C1)N1C(=O)C(CC(=O)O)CCC1c1ccc(Cl)cc1. The van der Waals surface area contributed by atoms with Gasteiger partial charge in [-0.3, -0.25) is 14.5 Å². The predicted molar refractivity (Wildman–Crippen MR) is 101 cm³/mol. The molecule has 0 bridgehead atoms. The molecule has 1 aromatic rings. The molecule has 8 heteroatoms. The highest BCUT2D eigenvalue weighted by atomic mass is 35.5. The Morgan fingerprint density at radius 3 is 2.46 bits per heavy atom. The Morgan fingerprint density at radius 2 is 1.93 bits per heavy atom. The van der Waals surface area contributed by atoms with Crippen molar-refractivity contribution >= 4 is 23.5 Å². The minimum atomic E-state index is -2.66. The molecule has 0 saturated carbocycles. The van der Waals surface area contributed by atoms with E-state index in [9.17, 15) is 18.4 Å². The minimum Gasteiger partial charge on any atom is -0.481 e. The van der Waals surface area contributed by atoms with Gasteiger partial charge in [-0.15, -0.1) is 0 Å². The third-order valence-corrected chi connectivity index (χ3v) is 5.90. The fourth-order valence-electron chi connectivity index (χ4n) is 4.28. The van der Waals surface area contributed by atoms with Crippen molar-refractivity contribution in [3.63, 3.8) is 0 Å². The van der Waals surface area contributed by atoms with Crippen LogP contribution in [-0.4, -0.2) is 58.4 Å². The van der Waals surface area contributed by atoms with Gasteiger partial charge in [0.05, 0.1) is 25.6 Å². The summed E-state index contributed by atoms with van der Waals surface area (Å²) in [5.41, 5.74) is 0.930. The van der Waals surface area contributed by atoms with E-state index < -0.39 is 17.8 Å². The molecule has 0 radical (unpaired) electrons. The Bertz CT molecular complexity index is 721. The van der Waals surface area contributed by atoms with Crippen molar-refractivity contribution in [3.05, 3.63) is 34.9 Å². The molecule has 3 unspecified atom stereocenters. The summed E-state index contributed by atoms with van der Waals surface area (Å²) in [6, 6.07) is 6.81. The lowest BCUT2D eigenvalue weighted by atomic mass is 9.85. The topological polar surface area (TPSA) is 60.9 Å². The van der Waals surface area contributed by atoms with Crippen molar-refractivity contribution in [2.24, 2.45) is 5.92 Å². The summed E-state index contributed by atoms with van der Waals surface area (Å²) >= 11 is 5.98. The first-order chi connectivity index (χ1) is 13.2. The number of nitrogens with zero attached hydrogens (tertiary/aromatic N) is 2. The zero-order valence-corrected chi connectivity index (χ0v) is 16.5. The molecule has 3 atom stereocenters. The van der Waals surface area contributed by atoms with E-state index in [1.54, 1.807) is 21.9 Å². The van der Waals surface area contributed by atoms with Gasteiger partial charge in [0.2, 0.25) is 5.91 Å². The molecule has 2 aliphatic rings. The number of benzene rings is 1. The largest absolute Gasteiger partial charge is 0.481 e. The average Bonchev–Trinajstić information content (AvgIpc) is 2.60. The molecule has 0 aliphatic carbocycles. The molecule has 2 saturated heterocycles. The van der Waals surface area contributed by atoms with Gasteiger partial charge in [0.25, 0.3) is 5.92 Å². The van der Waals surface area contributed by atoms with Crippen molar-refractivity contribution in [2.75, 3.05) is 19.6 Å². The van der Waals surface area contributed by atoms with E-state index in [0.717, 1.165) is 5.56 Å². The summed E-state index contributed by atoms with van der Waals surface area (Å²) in [4.78, 5) is 27.8. The van der Waals surface area contributed by atoms with Crippen molar-refractivity contribution in [2.45, 2.75) is 50.6 Å². The highest BCUT2D eigenvalue weighted by Gasteiger charge is 2.46. The van der Waals surface area contributed by atoms with Crippen LogP contribution in [-0.2, 0) is 9.59 Å². The van der Waals surface area contributed by atoms with Crippen LogP contribution in [0.5, 0.6) is 0 Å². The van der Waals surface area contributed by atoms with Gasteiger partial charge in [-0.1, -0.05) is 30.7 Å². The van der Waals surface area contributed by atoms with Crippen LogP contribution in [0.2, 0.25) is 5.02 Å². The first kappa shape index (κ1) is 21.0. The molecular formula is C20H25ClF2N2O3. The molecule has 0 spiro atoms. The van der Waals surface area contributed by atoms with Crippen LogP contribution in [0.15, 0.2) is 24.3 Å². The van der Waals surface area contributed by atoms with Crippen molar-refractivity contribution in [3.8, 4) is 0 Å². The standard InChI is InChI=1S/C20H25ClF2N2O3/c1-2-16(10-24-11-20(22,23)12-24)25-17(13-3-6-15(21)7-4-13)8-5-14(19(25)28)9-18(26)27/h3-4,6-7,14,16-17H,2,5,8-12H2,1H3,(H,26,27). The highest BCUT2D eigenvalue weighted by molar-refractivity contribution is 6.30. The molecule has 1 N–H and O–H groups in total. The molecule has 154 valence electrons. The number of hydrogen-bond donors (Lipinski definition) is 1. The monoisotopic (exact) mass is 414 g/mol. The molecule has 2 fully saturated rings. The van der Waals surface area contributed by atoms with Crippen LogP contribution in [0.3, 0.4) is 0 Å². The van der Waals surface area contributed by atoms with E-state index in [2.05, 4.69) is 0 Å². The number of carboxylic acids is 1. The number of carbonyl (C=O) groups is 2. The number of piperidine rings is 1. The fraction of sp³-hybridized carbons (Fsp3) is 0.600. The van der Waals surface area contributed by atoms with Gasteiger partial charge >= 0.3 is 5.97 Å². The van der Waals surface area contributed by atoms with Gasteiger partial charge in [-0.2, -0.15) is 0 Å². The van der Waals surface area contributed by atoms with Gasteiger partial charge in [-0.25, -0.2) is 8.78 Å². The molecule has 1 aromatic carbocycles. The third kappa shape index (κ3) is 4.63. The van der Waals surface area contributed by atoms with Gasteiger partial charge in [-0.05, 0) is 37.0 Å². The quantitative estimate of drug-likeness (QED) is 0.736. The number of hydrogen-bond acceptors (Lipinski definition) is 3. The Balaban J connectivity index is 1.84. The minimum absolute atomic E-state index is 0.201. The van der Waals surface area contributed by atoms with Crippen LogP contribution >= 0.6 is 11.6 Å². The van der Waals surface area contributed by atoms with Gasteiger partial charge in [0, 0.05) is 23.5 Å². The summed E-state index contributed by atoms with van der Waals surface area (Å²) in [5.74, 6) is -4.44. The van der Waals surface area contributed by atoms with Crippen LogP contribution < -0.4 is 0 Å². The lowest BCUT2D eigenvalue weighted by Gasteiger charge is -2.47. The normalized spacial score (nSPS) is 26.0. The Labute approximate surface area is 168 Å². The molecule has 1 amide bonds. The number of carboxylic acid groups (broad SMARTS) is 1. The molecule has 3 rings (SSSR count). The van der Waals surface area contributed by atoms with Gasteiger partial charge < -0.3 is 10.0 Å². The maximum absolute atomic E-state index is 13.2. The number of halogens is 3. The average molecular weight is 415 g/mol. The van der Waals surface area contributed by atoms with Gasteiger partial charge in [0.15, 0.2) is 0 Å². The zero-order valence-electron chi connectivity index (χ0n) is 15.8. The highest BCUT2D eigenvalue weighted by Crippen LogP contribution is 2.39. The number of alkyl halides is 2. The fourth-order valence-corrected chi connectivity index (χ4v) is 4.41. The number of likely N-dealkylation sites (tertiary alicyclic amines) is 2. The van der Waals surface area contributed by atoms with Crippen molar-refractivity contribution in [1.29, 1.82) is 0 Å². The summed E-state index contributed by atoms with van der Waals surface area (Å²) in [6.07, 6.45) is 1.53. The van der Waals surface area contributed by atoms with Crippen molar-refractivity contribution in [1.82, 2.24) is 9.80 Å². The van der Waals surface area contributed by atoms with E-state index in [1.165, 1.54) is 0 Å². The molecular weight excluding hydrogens is 390 g/mol. The predicted octanol–water partition coefficient (Wildman–Crippen LogP) is 3.82. The second-order valence-electron chi connectivity index (χ2n) is 7.77. The second kappa shape index (κ2) is 8.33. The third-order valence-electron chi connectivity index (χ3n) is 5.65. The van der Waals surface area contributed by atoms with E-state index >= 15 is 0 Å². The first-order valence-electron chi connectivity index (χ1n) is 9.60. The Kier molecular flexibility index (Phi) is 6.25. The lowest BCUT2D eigenvalue weighted by molar-refractivity contribution is -0.157. The molecule has 0 aromatic heterocycles. The van der Waals surface area contributed by atoms with Gasteiger partial charge in [0.1, 0.15) is 0 Å². The summed E-state index contributed by atoms with van der Waals surface area (Å²) in [6.45, 7) is 1.70. The van der Waals surface area contributed by atoms with E-state index in [1.807, 2.05) is 19.1 Å². The maximum atomic E-state index is 13.2. The van der Waals surface area contributed by atoms with E-state index in [0.29, 0.717) is 30.8 Å². The lowest BCUT2D eigenvalue weighted by Crippen LogP contribution is -2.61. The molecule has 28 heavy (non-hydrogen) atoms. The van der Waals surface area contributed by atoms with E-state index in [4.69, 9.17) is 16.7 Å². The maximum Gasteiger partial charge on any atom is 0.304 e. The second-order valence-corrected chi connectivity index (χ2v) is 8.21. The first-order valence-corrected chi connectivity index (χ1v) is 9.97. The number of aliphatic carboxylic acids is 1. The number of carbonyl (C=O) groups excluding carboxylic acids is 1. The molecule has 2 aliphatic heterocycles. The molecule has 2 heterocycles. The van der Waals surface area contributed by atoms with Crippen molar-refractivity contribution < 1.29 is 23.5 Å². The smallest absolute Gasteiger partial charge is 0.304 e. The summed E-state index contributed by atoms with van der Waals surface area (Å²) < 4.78 is 26.5. The Morgan fingerprint density at radius 1 is 1.29 bits per heavy atom. The Hall–Kier alpha value is -1.73. The van der Waals surface area contributed by atoms with Crippen LogP contribution in [0.1, 0.15) is 44.2 Å². The van der Waals surface area contributed by atoms with Crippen LogP contribution in [0, 0.1) is 5.92 Å². The van der Waals surface area contributed by atoms with Crippen LogP contribution in [0.25, 0.3) is 0 Å². The molecule has 5 nitrogen and oxygen atoms in total.